The summed E-state index contributed by atoms with van der Waals surface area (Å²) in [5.41, 5.74) is 0.598. The second-order valence-corrected chi connectivity index (χ2v) is 4.56. The van der Waals surface area contributed by atoms with Gasteiger partial charge in [-0.05, 0) is 30.9 Å². The fourth-order valence-electron chi connectivity index (χ4n) is 2.28. The Kier molecular flexibility index (Phi) is 4.33. The number of halogens is 3. The first-order valence-electron chi connectivity index (χ1n) is 6.13. The summed E-state index contributed by atoms with van der Waals surface area (Å²) in [6, 6.07) is 3.96. The summed E-state index contributed by atoms with van der Waals surface area (Å²) in [7, 11) is 0. The molecule has 2 nitrogen and oxygen atoms in total. The van der Waals surface area contributed by atoms with Crippen molar-refractivity contribution in [1.82, 2.24) is 0 Å². The largest absolute Gasteiger partial charge is 0.432 e. The van der Waals surface area contributed by atoms with Gasteiger partial charge in [-0.3, -0.25) is 0 Å². The first-order valence-corrected chi connectivity index (χ1v) is 6.13. The molecule has 0 aromatic heterocycles. The van der Waals surface area contributed by atoms with Crippen LogP contribution in [-0.4, -0.2) is 13.2 Å². The summed E-state index contributed by atoms with van der Waals surface area (Å²) in [4.78, 5) is 0. The molecule has 0 unspecified atom stereocenters. The quantitative estimate of drug-likeness (QED) is 0.862. The minimum atomic E-state index is -3.00. The predicted molar refractivity (Wildman–Crippen MR) is 63.5 cm³/mol. The Labute approximate surface area is 104 Å². The van der Waals surface area contributed by atoms with Gasteiger partial charge in [0.05, 0.1) is 0 Å². The van der Waals surface area contributed by atoms with Gasteiger partial charge in [0, 0.05) is 18.3 Å². The van der Waals surface area contributed by atoms with Gasteiger partial charge in [0.15, 0.2) is 11.6 Å². The zero-order chi connectivity index (χ0) is 13.0. The fraction of sp³-hybridized carbons (Fsp3) is 0.538. The van der Waals surface area contributed by atoms with E-state index in [4.69, 9.17) is 0 Å². The molecule has 1 aromatic carbocycles. The Morgan fingerprint density at radius 1 is 1.28 bits per heavy atom. The summed E-state index contributed by atoms with van der Waals surface area (Å²) in [5.74, 6) is -0.562. The van der Waals surface area contributed by atoms with Crippen LogP contribution in [-0.2, 0) is 0 Å². The third-order valence-corrected chi connectivity index (χ3v) is 3.22. The average Bonchev–Trinajstić information content (AvgIpc) is 2.82. The van der Waals surface area contributed by atoms with E-state index < -0.39 is 18.2 Å². The number of hydrogen-bond donors (Lipinski definition) is 1. The molecule has 2 rings (SSSR count). The number of benzene rings is 1. The van der Waals surface area contributed by atoms with Gasteiger partial charge in [-0.2, -0.15) is 8.78 Å². The monoisotopic (exact) mass is 259 g/mol. The van der Waals surface area contributed by atoms with Gasteiger partial charge in [0.25, 0.3) is 0 Å². The third-order valence-electron chi connectivity index (χ3n) is 3.22. The summed E-state index contributed by atoms with van der Waals surface area (Å²) >= 11 is 0. The molecule has 0 spiro atoms. The Balaban J connectivity index is 1.91. The lowest BCUT2D eigenvalue weighted by Crippen LogP contribution is -2.11. The smallest absolute Gasteiger partial charge is 0.387 e. The van der Waals surface area contributed by atoms with Crippen LogP contribution in [0, 0.1) is 11.7 Å². The first-order chi connectivity index (χ1) is 8.65. The maximum atomic E-state index is 13.4. The van der Waals surface area contributed by atoms with Crippen LogP contribution in [0.1, 0.15) is 25.7 Å². The molecule has 1 N–H and O–H groups in total. The molecule has 0 aliphatic heterocycles. The minimum Gasteiger partial charge on any atom is -0.432 e. The molecule has 100 valence electrons. The van der Waals surface area contributed by atoms with Gasteiger partial charge in [0.2, 0.25) is 0 Å². The molecule has 18 heavy (non-hydrogen) atoms. The van der Waals surface area contributed by atoms with Crippen molar-refractivity contribution < 1.29 is 17.9 Å². The molecule has 1 aliphatic rings. The van der Waals surface area contributed by atoms with E-state index >= 15 is 0 Å². The molecule has 1 fully saturated rings. The van der Waals surface area contributed by atoms with E-state index in [1.807, 2.05) is 0 Å². The maximum Gasteiger partial charge on any atom is 0.387 e. The summed E-state index contributed by atoms with van der Waals surface area (Å²) in [5, 5.41) is 3.12. The molecular formula is C13H16F3NO. The Morgan fingerprint density at radius 2 is 2.00 bits per heavy atom. The van der Waals surface area contributed by atoms with Crippen molar-refractivity contribution in [3.63, 3.8) is 0 Å². The highest BCUT2D eigenvalue weighted by atomic mass is 19.3. The molecule has 1 saturated carbocycles. The van der Waals surface area contributed by atoms with Gasteiger partial charge < -0.3 is 10.1 Å². The Bertz CT molecular complexity index is 392. The normalized spacial score (nSPS) is 16.2. The Hall–Kier alpha value is -1.39. The molecule has 0 radical (unpaired) electrons. The molecule has 0 atom stereocenters. The van der Waals surface area contributed by atoms with Crippen LogP contribution in [0.15, 0.2) is 18.2 Å². The lowest BCUT2D eigenvalue weighted by atomic mass is 10.1. The van der Waals surface area contributed by atoms with E-state index in [1.165, 1.54) is 37.8 Å². The third kappa shape index (κ3) is 3.55. The number of ether oxygens (including phenoxy) is 1. The van der Waals surface area contributed by atoms with E-state index in [0.29, 0.717) is 11.6 Å². The van der Waals surface area contributed by atoms with Crippen molar-refractivity contribution in [1.29, 1.82) is 0 Å². The van der Waals surface area contributed by atoms with Crippen LogP contribution in [0.3, 0.4) is 0 Å². The minimum absolute atomic E-state index is 0.420. The number of rotatable bonds is 5. The molecule has 5 heteroatoms. The highest BCUT2D eigenvalue weighted by Crippen LogP contribution is 2.26. The topological polar surface area (TPSA) is 21.3 Å². The second kappa shape index (κ2) is 5.98. The van der Waals surface area contributed by atoms with Crippen LogP contribution in [0.4, 0.5) is 18.9 Å². The van der Waals surface area contributed by atoms with Crippen LogP contribution >= 0.6 is 0 Å². The van der Waals surface area contributed by atoms with Crippen molar-refractivity contribution in [2.75, 3.05) is 11.9 Å². The lowest BCUT2D eigenvalue weighted by molar-refractivity contribution is -0.0521. The van der Waals surface area contributed by atoms with Gasteiger partial charge in [-0.25, -0.2) is 4.39 Å². The standard InChI is InChI=1S/C13H16F3NO/c14-11-7-10(5-6-12(11)18-13(15)16)17-8-9-3-1-2-4-9/h5-7,9,13,17H,1-4,8H2. The zero-order valence-electron chi connectivity index (χ0n) is 9.96. The van der Waals surface area contributed by atoms with Crippen LogP contribution in [0.5, 0.6) is 5.75 Å². The Morgan fingerprint density at radius 3 is 2.61 bits per heavy atom. The first kappa shape index (κ1) is 13.1. The van der Waals surface area contributed by atoms with E-state index in [1.54, 1.807) is 6.07 Å². The fourth-order valence-corrected chi connectivity index (χ4v) is 2.28. The van der Waals surface area contributed by atoms with Gasteiger partial charge in [-0.15, -0.1) is 0 Å². The van der Waals surface area contributed by atoms with E-state index in [0.717, 1.165) is 6.54 Å². The molecule has 1 aromatic rings. The van der Waals surface area contributed by atoms with Gasteiger partial charge in [-0.1, -0.05) is 12.8 Å². The molecule has 1 aliphatic carbocycles. The molecule has 0 saturated heterocycles. The van der Waals surface area contributed by atoms with Crippen molar-refractivity contribution in [3.05, 3.63) is 24.0 Å². The number of alkyl halides is 2. The maximum absolute atomic E-state index is 13.4. The van der Waals surface area contributed by atoms with E-state index in [-0.39, 0.29) is 0 Å². The SMILES string of the molecule is Fc1cc(NCC2CCCC2)ccc1OC(F)F. The van der Waals surface area contributed by atoms with E-state index in [2.05, 4.69) is 10.1 Å². The molecule has 0 heterocycles. The van der Waals surface area contributed by atoms with Crippen LogP contribution < -0.4 is 10.1 Å². The van der Waals surface area contributed by atoms with Gasteiger partial charge in [0.1, 0.15) is 0 Å². The van der Waals surface area contributed by atoms with E-state index in [9.17, 15) is 13.2 Å². The highest BCUT2D eigenvalue weighted by molar-refractivity contribution is 5.47. The lowest BCUT2D eigenvalue weighted by Gasteiger charge is -2.13. The summed E-state index contributed by atoms with van der Waals surface area (Å²) in [6.07, 6.45) is 4.90. The zero-order valence-corrected chi connectivity index (χ0v) is 9.96. The van der Waals surface area contributed by atoms with Crippen LogP contribution in [0.25, 0.3) is 0 Å². The van der Waals surface area contributed by atoms with Crippen LogP contribution in [0.2, 0.25) is 0 Å². The summed E-state index contributed by atoms with van der Waals surface area (Å²) in [6.45, 7) is -2.20. The number of nitrogens with one attached hydrogen (secondary N) is 1. The predicted octanol–water partition coefficient (Wildman–Crippen LogP) is 4.03. The highest BCUT2D eigenvalue weighted by Gasteiger charge is 2.15. The average molecular weight is 259 g/mol. The molecule has 0 amide bonds. The van der Waals surface area contributed by atoms with Crippen molar-refractivity contribution >= 4 is 5.69 Å². The summed E-state index contributed by atoms with van der Waals surface area (Å²) < 4.78 is 41.4. The van der Waals surface area contributed by atoms with Crippen molar-refractivity contribution in [3.8, 4) is 5.75 Å². The number of anilines is 1. The van der Waals surface area contributed by atoms with Crippen molar-refractivity contribution in [2.45, 2.75) is 32.3 Å². The number of hydrogen-bond acceptors (Lipinski definition) is 2. The second-order valence-electron chi connectivity index (χ2n) is 4.56. The van der Waals surface area contributed by atoms with Crippen molar-refractivity contribution in [2.24, 2.45) is 5.92 Å². The molecular weight excluding hydrogens is 243 g/mol. The molecule has 0 bridgehead atoms. The van der Waals surface area contributed by atoms with Gasteiger partial charge >= 0.3 is 6.61 Å².